The van der Waals surface area contributed by atoms with E-state index in [4.69, 9.17) is 37.2 Å². The Morgan fingerprint density at radius 1 is 0.818 bits per heavy atom. The Bertz CT molecular complexity index is 1260. The number of methoxy groups -OCH3 is 2. The van der Waals surface area contributed by atoms with Crippen molar-refractivity contribution >= 4 is 63.7 Å². The summed E-state index contributed by atoms with van der Waals surface area (Å²) >= 11 is 13.5. The van der Waals surface area contributed by atoms with Crippen molar-refractivity contribution in [3.05, 3.63) is 51.5 Å². The van der Waals surface area contributed by atoms with Crippen LogP contribution in [-0.4, -0.2) is 59.3 Å². The van der Waals surface area contributed by atoms with Gasteiger partial charge in [0.1, 0.15) is 16.2 Å². The molecule has 44 heavy (non-hydrogen) atoms. The molecule has 0 atom stereocenters. The Morgan fingerprint density at radius 3 is 1.55 bits per heavy atom. The Kier molecular flexibility index (Phi) is 14.9. The molecule has 246 valence electrons. The highest BCUT2D eigenvalue weighted by atomic mass is 79.9. The molecule has 1 saturated heterocycles. The highest BCUT2D eigenvalue weighted by Gasteiger charge is 2.52. The lowest BCUT2D eigenvalue weighted by atomic mass is 9.78. The summed E-state index contributed by atoms with van der Waals surface area (Å²) in [6.07, 6.45) is 1.56. The predicted molar refractivity (Wildman–Crippen MR) is 182 cm³/mol. The van der Waals surface area contributed by atoms with Crippen LogP contribution in [0.1, 0.15) is 109 Å². The number of carbonyl (C=O) groups excluding carboxylic acids is 2. The molecule has 1 fully saturated rings. The molecule has 3 heterocycles. The lowest BCUT2D eigenvalue weighted by Crippen LogP contribution is -2.41. The first kappa shape index (κ1) is 40.3. The third kappa shape index (κ3) is 13.7. The molecule has 0 aromatic carbocycles. The quantitative estimate of drug-likeness (QED) is 0.176. The summed E-state index contributed by atoms with van der Waals surface area (Å²) in [4.78, 5) is 31.9. The minimum atomic E-state index is -0.528. The van der Waals surface area contributed by atoms with Crippen LogP contribution in [0.2, 0.25) is 0 Å². The number of hydrogen-bond donors (Lipinski definition) is 0. The molecule has 0 saturated carbocycles. The van der Waals surface area contributed by atoms with Crippen molar-refractivity contribution in [2.45, 2.75) is 105 Å². The Hall–Kier alpha value is -1.72. The number of pyridine rings is 2. The molecular weight excluding hydrogens is 670 g/mol. The summed E-state index contributed by atoms with van der Waals surface area (Å²) in [5.74, 6) is -0.861. The molecule has 0 spiro atoms. The number of aromatic nitrogens is 2. The predicted octanol–water partition coefficient (Wildman–Crippen LogP) is 7.79. The molecule has 2 aromatic rings. The summed E-state index contributed by atoms with van der Waals surface area (Å²) in [6.45, 7) is 22.5. The lowest BCUT2D eigenvalue weighted by molar-refractivity contribution is 0.00578. The van der Waals surface area contributed by atoms with Gasteiger partial charge in [0.25, 0.3) is 0 Å². The van der Waals surface area contributed by atoms with Crippen LogP contribution in [0.5, 0.6) is 0 Å². The summed E-state index contributed by atoms with van der Waals surface area (Å²) in [5, 5.41) is 0. The molecule has 0 amide bonds. The van der Waals surface area contributed by atoms with Gasteiger partial charge in [0.05, 0.1) is 25.4 Å². The molecule has 12 heteroatoms. The van der Waals surface area contributed by atoms with Crippen molar-refractivity contribution in [2.75, 3.05) is 14.2 Å². The third-order valence-corrected chi connectivity index (χ3v) is 6.94. The fourth-order valence-electron chi connectivity index (χ4n) is 3.96. The van der Waals surface area contributed by atoms with Crippen LogP contribution in [0.25, 0.3) is 0 Å². The number of hydrogen-bond acceptors (Lipinski definition) is 8. The van der Waals surface area contributed by atoms with Crippen LogP contribution in [0, 0.1) is 10.8 Å². The molecule has 3 rings (SSSR count). The van der Waals surface area contributed by atoms with E-state index in [0.717, 1.165) is 34.2 Å². The maximum absolute atomic E-state index is 12.0. The van der Waals surface area contributed by atoms with E-state index < -0.39 is 30.3 Å². The van der Waals surface area contributed by atoms with Gasteiger partial charge in [-0.2, -0.15) is 0 Å². The summed E-state index contributed by atoms with van der Waals surface area (Å²) in [5.41, 5.74) is 2.46. The highest BCUT2D eigenvalue weighted by molar-refractivity contribution is 9.10. The van der Waals surface area contributed by atoms with Gasteiger partial charge >= 0.3 is 19.1 Å². The average molecular weight is 718 g/mol. The van der Waals surface area contributed by atoms with Gasteiger partial charge < -0.3 is 18.8 Å². The van der Waals surface area contributed by atoms with Gasteiger partial charge in [0, 0.05) is 15.9 Å². The van der Waals surface area contributed by atoms with E-state index in [0.29, 0.717) is 5.69 Å². The lowest BCUT2D eigenvalue weighted by Gasteiger charge is -2.32. The summed E-state index contributed by atoms with van der Waals surface area (Å²) in [7, 11) is 2.18. The topological polar surface area (TPSA) is 96.8 Å². The zero-order valence-corrected chi connectivity index (χ0v) is 31.5. The maximum atomic E-state index is 12.0. The first-order chi connectivity index (χ1) is 19.9. The van der Waals surface area contributed by atoms with Crippen molar-refractivity contribution in [2.24, 2.45) is 10.8 Å². The number of ether oxygens (including phenoxy) is 2. The second kappa shape index (κ2) is 16.2. The fraction of sp³-hybridized carbons (Fsp3) is 0.625. The van der Waals surface area contributed by atoms with E-state index in [1.165, 1.54) is 14.2 Å². The van der Waals surface area contributed by atoms with Crippen LogP contribution in [0.4, 0.5) is 0 Å². The van der Waals surface area contributed by atoms with Gasteiger partial charge in [-0.1, -0.05) is 57.5 Å². The SMILES string of the molecule is CC(Cl)Cl.COC(=O)c1cc(B2OC(C)(C)C(C)(C)O2)cc(CC(C)(C)C)n1.COC(=O)c1cc(Br)cc(CC(C)(C)C)n1. The zero-order valence-electron chi connectivity index (χ0n) is 28.4. The number of alkyl halides is 2. The number of nitrogens with zero attached hydrogens (tertiary/aromatic N) is 2. The van der Waals surface area contributed by atoms with Crippen LogP contribution in [0.15, 0.2) is 28.7 Å². The highest BCUT2D eigenvalue weighted by Crippen LogP contribution is 2.36. The maximum Gasteiger partial charge on any atom is 0.494 e. The van der Waals surface area contributed by atoms with Crippen molar-refractivity contribution in [3.63, 3.8) is 0 Å². The molecule has 0 bridgehead atoms. The average Bonchev–Trinajstić information content (AvgIpc) is 3.07. The Labute approximate surface area is 282 Å². The number of halogens is 3. The molecule has 0 aliphatic carbocycles. The fourth-order valence-corrected chi connectivity index (χ4v) is 4.44. The van der Waals surface area contributed by atoms with Gasteiger partial charge in [0.2, 0.25) is 0 Å². The van der Waals surface area contributed by atoms with Crippen LogP contribution < -0.4 is 5.46 Å². The standard InChI is InChI=1S/C18H28BNO4.C12H16BrNO2.C2H4Cl2/c1-16(2,3)11-13-9-12(10-14(20-13)15(21)22-8)19-23-17(4,5)18(6,7)24-19;1-12(2,3)7-9-5-8(13)6-10(14-9)11(15)16-4;1-2(3)4/h9-10H,11H2,1-8H3;5-6H,7H2,1-4H3;2H,1H3. The second-order valence-electron chi connectivity index (χ2n) is 14.0. The van der Waals surface area contributed by atoms with E-state index >= 15 is 0 Å². The number of esters is 2. The van der Waals surface area contributed by atoms with Gasteiger partial charge in [0.15, 0.2) is 0 Å². The number of carbonyl (C=O) groups is 2. The van der Waals surface area contributed by atoms with E-state index in [1.54, 1.807) is 19.1 Å². The van der Waals surface area contributed by atoms with E-state index in [-0.39, 0.29) is 21.4 Å². The van der Waals surface area contributed by atoms with Crippen LogP contribution >= 0.6 is 39.1 Å². The van der Waals surface area contributed by atoms with E-state index in [9.17, 15) is 9.59 Å². The first-order valence-corrected chi connectivity index (χ1v) is 16.0. The molecule has 1 aliphatic heterocycles. The van der Waals surface area contributed by atoms with Gasteiger partial charge in [-0.3, -0.25) is 0 Å². The molecule has 0 unspecified atom stereocenters. The van der Waals surface area contributed by atoms with Crippen LogP contribution in [-0.2, 0) is 31.6 Å². The van der Waals surface area contributed by atoms with Crippen molar-refractivity contribution in [1.82, 2.24) is 9.97 Å². The molecule has 8 nitrogen and oxygen atoms in total. The Balaban J connectivity index is 0.000000417. The Morgan fingerprint density at radius 2 is 1.18 bits per heavy atom. The summed E-state index contributed by atoms with van der Waals surface area (Å²) in [6, 6.07) is 7.25. The third-order valence-electron chi connectivity index (χ3n) is 6.48. The van der Waals surface area contributed by atoms with Gasteiger partial charge in [-0.25, -0.2) is 19.6 Å². The first-order valence-electron chi connectivity index (χ1n) is 14.4. The molecule has 0 radical (unpaired) electrons. The molecule has 2 aromatic heterocycles. The van der Waals surface area contributed by atoms with Crippen molar-refractivity contribution < 1.29 is 28.4 Å². The molecular formula is C32H48BBrCl2N2O6. The van der Waals surface area contributed by atoms with Crippen molar-refractivity contribution in [3.8, 4) is 0 Å². The smallest absolute Gasteiger partial charge is 0.464 e. The second-order valence-corrected chi connectivity index (χ2v) is 16.5. The van der Waals surface area contributed by atoms with Crippen molar-refractivity contribution in [1.29, 1.82) is 0 Å². The van der Waals surface area contributed by atoms with E-state index in [2.05, 4.69) is 72.2 Å². The largest absolute Gasteiger partial charge is 0.494 e. The van der Waals surface area contributed by atoms with Crippen LogP contribution in [0.3, 0.4) is 0 Å². The molecule has 0 N–H and O–H groups in total. The molecule has 1 aliphatic rings. The van der Waals surface area contributed by atoms with Gasteiger partial charge in [-0.15, -0.1) is 23.2 Å². The summed E-state index contributed by atoms with van der Waals surface area (Å²) < 4.78 is 22.5. The minimum absolute atomic E-state index is 0.0505. The normalized spacial score (nSPS) is 15.5. The van der Waals surface area contributed by atoms with Gasteiger partial charge in [-0.05, 0) is 88.0 Å². The van der Waals surface area contributed by atoms with E-state index in [1.807, 2.05) is 39.8 Å². The zero-order chi connectivity index (χ0) is 34.3. The number of rotatable bonds is 5. The minimum Gasteiger partial charge on any atom is -0.464 e. The monoisotopic (exact) mass is 716 g/mol.